The summed E-state index contributed by atoms with van der Waals surface area (Å²) in [5.74, 6) is 0.768. The lowest BCUT2D eigenvalue weighted by atomic mass is 10.0. The molecule has 1 rings (SSSR count). The molecule has 0 fully saturated rings. The van der Waals surface area contributed by atoms with E-state index in [2.05, 4.69) is 0 Å². The smallest absolute Gasteiger partial charge is 0.120 e. The topological polar surface area (TPSA) is 61.3 Å². The molecule has 0 unspecified atom stereocenters. The van der Waals surface area contributed by atoms with Crippen molar-refractivity contribution in [3.63, 3.8) is 0 Å². The van der Waals surface area contributed by atoms with Crippen LogP contribution >= 0.6 is 0 Å². The first kappa shape index (κ1) is 9.86. The monoisotopic (exact) mass is 180 g/mol. The summed E-state index contributed by atoms with van der Waals surface area (Å²) in [5, 5.41) is 0. The van der Waals surface area contributed by atoms with E-state index in [9.17, 15) is 0 Å². The second kappa shape index (κ2) is 4.14. The van der Waals surface area contributed by atoms with Gasteiger partial charge < -0.3 is 16.2 Å². The van der Waals surface area contributed by atoms with Crippen molar-refractivity contribution in [3.8, 4) is 5.75 Å². The van der Waals surface area contributed by atoms with Crippen LogP contribution in [0.1, 0.15) is 24.9 Å². The molecule has 1 aromatic carbocycles. The molecule has 0 aliphatic rings. The highest BCUT2D eigenvalue weighted by atomic mass is 16.5. The highest BCUT2D eigenvalue weighted by molar-refractivity contribution is 5.52. The van der Waals surface area contributed by atoms with Crippen molar-refractivity contribution in [2.45, 2.75) is 19.4 Å². The molecule has 0 saturated carbocycles. The molecule has 0 bridgehead atoms. The Bertz CT molecular complexity index is 286. The van der Waals surface area contributed by atoms with Gasteiger partial charge in [-0.15, -0.1) is 0 Å². The minimum Gasteiger partial charge on any atom is -0.497 e. The number of rotatable bonds is 3. The zero-order valence-electron chi connectivity index (χ0n) is 8.08. The van der Waals surface area contributed by atoms with Crippen molar-refractivity contribution in [3.05, 3.63) is 23.8 Å². The van der Waals surface area contributed by atoms with Gasteiger partial charge >= 0.3 is 0 Å². The summed E-state index contributed by atoms with van der Waals surface area (Å²) in [5.41, 5.74) is 13.4. The average Bonchev–Trinajstić information content (AvgIpc) is 2.16. The molecule has 4 N–H and O–H groups in total. The number of nitrogen functional groups attached to an aromatic ring is 1. The summed E-state index contributed by atoms with van der Waals surface area (Å²) < 4.78 is 5.04. The third-order valence-electron chi connectivity index (χ3n) is 2.13. The van der Waals surface area contributed by atoms with E-state index < -0.39 is 0 Å². The molecule has 0 saturated heterocycles. The summed E-state index contributed by atoms with van der Waals surface area (Å²) in [7, 11) is 1.62. The molecule has 0 radical (unpaired) electrons. The first-order valence-corrected chi connectivity index (χ1v) is 4.38. The molecule has 0 amide bonds. The molecular formula is C10H16N2O. The lowest BCUT2D eigenvalue weighted by Crippen LogP contribution is -2.11. The van der Waals surface area contributed by atoms with E-state index in [1.54, 1.807) is 13.2 Å². The Hall–Kier alpha value is -1.22. The molecule has 0 spiro atoms. The first-order chi connectivity index (χ1) is 6.19. The van der Waals surface area contributed by atoms with Crippen LogP contribution < -0.4 is 16.2 Å². The van der Waals surface area contributed by atoms with E-state index in [-0.39, 0.29) is 6.04 Å². The molecule has 0 aromatic heterocycles. The average molecular weight is 180 g/mol. The zero-order valence-corrected chi connectivity index (χ0v) is 8.08. The zero-order chi connectivity index (χ0) is 9.84. The van der Waals surface area contributed by atoms with Gasteiger partial charge in [-0.3, -0.25) is 0 Å². The number of nitrogens with two attached hydrogens (primary N) is 2. The van der Waals surface area contributed by atoms with E-state index in [0.29, 0.717) is 5.69 Å². The summed E-state index contributed by atoms with van der Waals surface area (Å²) in [6.07, 6.45) is 0.885. The van der Waals surface area contributed by atoms with Gasteiger partial charge in [-0.25, -0.2) is 0 Å². The minimum atomic E-state index is 0.0194. The second-order valence-corrected chi connectivity index (χ2v) is 3.01. The lowest BCUT2D eigenvalue weighted by molar-refractivity contribution is 0.415. The van der Waals surface area contributed by atoms with Gasteiger partial charge in [0.05, 0.1) is 7.11 Å². The fraction of sp³-hybridized carbons (Fsp3) is 0.400. The fourth-order valence-electron chi connectivity index (χ4n) is 1.24. The number of anilines is 1. The van der Waals surface area contributed by atoms with Crippen molar-refractivity contribution in [1.82, 2.24) is 0 Å². The summed E-state index contributed by atoms with van der Waals surface area (Å²) in [6.45, 7) is 2.04. The van der Waals surface area contributed by atoms with Crippen molar-refractivity contribution < 1.29 is 4.74 Å². The Kier molecular flexibility index (Phi) is 3.14. The second-order valence-electron chi connectivity index (χ2n) is 3.01. The van der Waals surface area contributed by atoms with Crippen LogP contribution in [0.2, 0.25) is 0 Å². The van der Waals surface area contributed by atoms with Crippen molar-refractivity contribution in [1.29, 1.82) is 0 Å². The van der Waals surface area contributed by atoms with Crippen LogP contribution in [0.25, 0.3) is 0 Å². The predicted molar refractivity (Wildman–Crippen MR) is 54.6 cm³/mol. The molecule has 3 nitrogen and oxygen atoms in total. The molecule has 13 heavy (non-hydrogen) atoms. The van der Waals surface area contributed by atoms with Gasteiger partial charge in [0, 0.05) is 17.8 Å². The Morgan fingerprint density at radius 3 is 2.62 bits per heavy atom. The largest absolute Gasteiger partial charge is 0.497 e. The SMILES string of the molecule is CC[C@H](N)c1ccc(OC)cc1N. The molecule has 1 aromatic rings. The summed E-state index contributed by atoms with van der Waals surface area (Å²) in [6, 6.07) is 5.61. The fourth-order valence-corrected chi connectivity index (χ4v) is 1.24. The number of benzene rings is 1. The van der Waals surface area contributed by atoms with Crippen LogP contribution in [0, 0.1) is 0 Å². The van der Waals surface area contributed by atoms with Crippen LogP contribution in [-0.2, 0) is 0 Å². The number of hydrogen-bond acceptors (Lipinski definition) is 3. The van der Waals surface area contributed by atoms with Gasteiger partial charge in [0.25, 0.3) is 0 Å². The first-order valence-electron chi connectivity index (χ1n) is 4.38. The molecule has 0 aliphatic heterocycles. The highest BCUT2D eigenvalue weighted by Gasteiger charge is 2.07. The third kappa shape index (κ3) is 2.12. The van der Waals surface area contributed by atoms with Gasteiger partial charge in [0.15, 0.2) is 0 Å². The molecular weight excluding hydrogens is 164 g/mol. The predicted octanol–water partition coefficient (Wildman–Crippen LogP) is 1.69. The normalized spacial score (nSPS) is 12.5. The Morgan fingerprint density at radius 2 is 2.15 bits per heavy atom. The number of methoxy groups -OCH3 is 1. The quantitative estimate of drug-likeness (QED) is 0.696. The highest BCUT2D eigenvalue weighted by Crippen LogP contribution is 2.25. The van der Waals surface area contributed by atoms with Crippen LogP contribution in [-0.4, -0.2) is 7.11 Å². The third-order valence-corrected chi connectivity index (χ3v) is 2.13. The number of ether oxygens (including phenoxy) is 1. The standard InChI is InChI=1S/C10H16N2O/c1-3-9(11)8-5-4-7(13-2)6-10(8)12/h4-6,9H,3,11-12H2,1-2H3/t9-/m0/s1. The molecule has 0 heterocycles. The van der Waals surface area contributed by atoms with E-state index >= 15 is 0 Å². The van der Waals surface area contributed by atoms with E-state index in [1.165, 1.54) is 0 Å². The van der Waals surface area contributed by atoms with Gasteiger partial charge in [-0.05, 0) is 18.1 Å². The van der Waals surface area contributed by atoms with E-state index in [1.807, 2.05) is 19.1 Å². The summed E-state index contributed by atoms with van der Waals surface area (Å²) in [4.78, 5) is 0. The Balaban J connectivity index is 2.98. The van der Waals surface area contributed by atoms with Crippen LogP contribution in [0.4, 0.5) is 5.69 Å². The van der Waals surface area contributed by atoms with Crippen molar-refractivity contribution in [2.75, 3.05) is 12.8 Å². The maximum atomic E-state index is 5.87. The van der Waals surface area contributed by atoms with Crippen molar-refractivity contribution in [2.24, 2.45) is 5.73 Å². The maximum Gasteiger partial charge on any atom is 0.120 e. The van der Waals surface area contributed by atoms with E-state index in [0.717, 1.165) is 17.7 Å². The van der Waals surface area contributed by atoms with Gasteiger partial charge in [0.1, 0.15) is 5.75 Å². The van der Waals surface area contributed by atoms with Crippen molar-refractivity contribution >= 4 is 5.69 Å². The number of hydrogen-bond donors (Lipinski definition) is 2. The van der Waals surface area contributed by atoms with Gasteiger partial charge in [-0.1, -0.05) is 13.0 Å². The molecule has 0 aliphatic carbocycles. The Morgan fingerprint density at radius 1 is 1.46 bits per heavy atom. The molecule has 3 heteroatoms. The maximum absolute atomic E-state index is 5.87. The minimum absolute atomic E-state index is 0.0194. The lowest BCUT2D eigenvalue weighted by Gasteiger charge is -2.12. The van der Waals surface area contributed by atoms with Crippen LogP contribution in [0.5, 0.6) is 5.75 Å². The van der Waals surface area contributed by atoms with Gasteiger partial charge in [0.2, 0.25) is 0 Å². The summed E-state index contributed by atoms with van der Waals surface area (Å²) >= 11 is 0. The van der Waals surface area contributed by atoms with Crippen LogP contribution in [0.3, 0.4) is 0 Å². The van der Waals surface area contributed by atoms with Gasteiger partial charge in [-0.2, -0.15) is 0 Å². The van der Waals surface area contributed by atoms with Crippen LogP contribution in [0.15, 0.2) is 18.2 Å². The van der Waals surface area contributed by atoms with E-state index in [4.69, 9.17) is 16.2 Å². The Labute approximate surface area is 78.7 Å². The molecule has 1 atom stereocenters. The molecule has 72 valence electrons.